The molecule has 0 radical (unpaired) electrons. The number of methoxy groups -OCH3 is 1. The van der Waals surface area contributed by atoms with Crippen LogP contribution in [0.15, 0.2) is 91.0 Å². The van der Waals surface area contributed by atoms with Crippen LogP contribution in [0.1, 0.15) is 29.2 Å². The minimum atomic E-state index is -0.391. The number of nitrogens with zero attached hydrogens (tertiary/aromatic N) is 2. The molecule has 1 fully saturated rings. The van der Waals surface area contributed by atoms with Gasteiger partial charge in [-0.25, -0.2) is 0 Å². The molecule has 1 heterocycles. The monoisotopic (exact) mass is 498 g/mol. The van der Waals surface area contributed by atoms with Gasteiger partial charge in [-0.2, -0.15) is 0 Å². The maximum absolute atomic E-state index is 12.3. The number of hydrazine groups is 1. The van der Waals surface area contributed by atoms with E-state index in [2.05, 4.69) is 69.2 Å². The predicted molar refractivity (Wildman–Crippen MR) is 146 cm³/mol. The van der Waals surface area contributed by atoms with Crippen molar-refractivity contribution < 1.29 is 14.3 Å². The fourth-order valence-corrected chi connectivity index (χ4v) is 4.54. The number of carbonyl (C=O) groups excluding carboxylic acids is 2. The molecular formula is C30H34N4O3. The first-order valence-corrected chi connectivity index (χ1v) is 12.6. The van der Waals surface area contributed by atoms with E-state index in [1.165, 1.54) is 17.2 Å². The van der Waals surface area contributed by atoms with E-state index in [-0.39, 0.29) is 11.9 Å². The van der Waals surface area contributed by atoms with Crippen molar-refractivity contribution in [2.24, 2.45) is 0 Å². The van der Waals surface area contributed by atoms with E-state index in [0.29, 0.717) is 18.7 Å². The molecule has 2 N–H and O–H groups in total. The highest BCUT2D eigenvalue weighted by molar-refractivity contribution is 5.93. The van der Waals surface area contributed by atoms with E-state index in [1.807, 2.05) is 36.4 Å². The number of carbonyl (C=O) groups is 2. The Kier molecular flexibility index (Phi) is 9.46. The molecule has 0 bridgehead atoms. The fraction of sp³-hybridized carbons (Fsp3) is 0.267. The third-order valence-electron chi connectivity index (χ3n) is 6.50. The summed E-state index contributed by atoms with van der Waals surface area (Å²) >= 11 is 0. The normalized spacial score (nSPS) is 14.5. The number of benzene rings is 3. The highest BCUT2D eigenvalue weighted by Crippen LogP contribution is 2.29. The maximum Gasteiger partial charge on any atom is 0.262 e. The van der Waals surface area contributed by atoms with Crippen LogP contribution in [0.25, 0.3) is 6.08 Å². The van der Waals surface area contributed by atoms with E-state index < -0.39 is 5.91 Å². The Bertz CT molecular complexity index is 1140. The maximum atomic E-state index is 12.3. The Morgan fingerprint density at radius 3 is 2.14 bits per heavy atom. The lowest BCUT2D eigenvalue weighted by molar-refractivity contribution is -0.127. The summed E-state index contributed by atoms with van der Waals surface area (Å²) in [6, 6.07) is 28.8. The van der Waals surface area contributed by atoms with Gasteiger partial charge in [-0.15, -0.1) is 0 Å². The van der Waals surface area contributed by atoms with Crippen molar-refractivity contribution in [3.63, 3.8) is 0 Å². The highest BCUT2D eigenvalue weighted by atomic mass is 16.5. The Morgan fingerprint density at radius 2 is 1.51 bits per heavy atom. The van der Waals surface area contributed by atoms with Gasteiger partial charge >= 0.3 is 0 Å². The van der Waals surface area contributed by atoms with Crippen LogP contribution >= 0.6 is 0 Å². The van der Waals surface area contributed by atoms with Crippen LogP contribution < -0.4 is 15.6 Å². The lowest BCUT2D eigenvalue weighted by Crippen LogP contribution is -2.49. The zero-order chi connectivity index (χ0) is 25.9. The largest absolute Gasteiger partial charge is 0.497 e. The fourth-order valence-electron chi connectivity index (χ4n) is 4.54. The molecule has 0 saturated carbocycles. The molecule has 37 heavy (non-hydrogen) atoms. The molecule has 4 rings (SSSR count). The van der Waals surface area contributed by atoms with E-state index in [4.69, 9.17) is 4.74 Å². The zero-order valence-electron chi connectivity index (χ0n) is 21.2. The molecular weight excluding hydrogens is 464 g/mol. The third kappa shape index (κ3) is 7.77. The van der Waals surface area contributed by atoms with Crippen molar-refractivity contribution in [2.45, 2.75) is 12.5 Å². The van der Waals surface area contributed by atoms with Crippen LogP contribution in [0.5, 0.6) is 5.75 Å². The summed E-state index contributed by atoms with van der Waals surface area (Å²) in [6.07, 6.45) is 3.37. The molecule has 3 aromatic rings. The summed E-state index contributed by atoms with van der Waals surface area (Å²) in [7, 11) is 1.59. The van der Waals surface area contributed by atoms with Gasteiger partial charge in [0, 0.05) is 45.2 Å². The van der Waals surface area contributed by atoms with Crippen LogP contribution in [0, 0.1) is 0 Å². The smallest absolute Gasteiger partial charge is 0.262 e. The minimum absolute atomic E-state index is 0.211. The standard InChI is InChI=1S/C30H34N4O3/c1-37-27-14-8-9-24(23-27)15-16-28(35)31-32-29(36)17-18-33-19-21-34(22-20-33)30(25-10-4-2-5-11-25)26-12-6-3-7-13-26/h2-16,23,30H,17-22H2,1H3,(H,31,35)(H,32,36). The topological polar surface area (TPSA) is 73.9 Å². The first kappa shape index (κ1) is 26.1. The Morgan fingerprint density at radius 1 is 0.865 bits per heavy atom. The number of amides is 2. The van der Waals surface area contributed by atoms with E-state index in [9.17, 15) is 9.59 Å². The molecule has 3 aromatic carbocycles. The number of hydrogen-bond acceptors (Lipinski definition) is 5. The number of rotatable bonds is 9. The molecule has 0 aromatic heterocycles. The minimum Gasteiger partial charge on any atom is -0.497 e. The molecule has 0 atom stereocenters. The van der Waals surface area contributed by atoms with E-state index >= 15 is 0 Å². The summed E-state index contributed by atoms with van der Waals surface area (Å²) in [5.74, 6) is 0.113. The average Bonchev–Trinajstić information content (AvgIpc) is 2.96. The quantitative estimate of drug-likeness (QED) is 0.348. The number of nitrogens with one attached hydrogen (secondary N) is 2. The Balaban J connectivity index is 1.21. The summed E-state index contributed by atoms with van der Waals surface area (Å²) < 4.78 is 5.18. The van der Waals surface area contributed by atoms with Crippen LogP contribution in [0.3, 0.4) is 0 Å². The van der Waals surface area contributed by atoms with Gasteiger partial charge in [0.2, 0.25) is 5.91 Å². The lowest BCUT2D eigenvalue weighted by Gasteiger charge is -2.39. The molecule has 7 nitrogen and oxygen atoms in total. The summed E-state index contributed by atoms with van der Waals surface area (Å²) in [6.45, 7) is 4.26. The van der Waals surface area contributed by atoms with Crippen LogP contribution in [0.2, 0.25) is 0 Å². The molecule has 1 saturated heterocycles. The second kappa shape index (κ2) is 13.4. The van der Waals surface area contributed by atoms with Crippen molar-refractivity contribution in [2.75, 3.05) is 39.8 Å². The van der Waals surface area contributed by atoms with Gasteiger partial charge in [-0.3, -0.25) is 25.3 Å². The highest BCUT2D eigenvalue weighted by Gasteiger charge is 2.26. The first-order chi connectivity index (χ1) is 18.1. The molecule has 7 heteroatoms. The number of piperazine rings is 1. The van der Waals surface area contributed by atoms with Crippen molar-refractivity contribution in [3.8, 4) is 5.75 Å². The van der Waals surface area contributed by atoms with Crippen LogP contribution in [-0.2, 0) is 9.59 Å². The predicted octanol–water partition coefficient (Wildman–Crippen LogP) is 3.65. The molecule has 0 unspecified atom stereocenters. The lowest BCUT2D eigenvalue weighted by atomic mass is 9.96. The second-order valence-electron chi connectivity index (χ2n) is 9.00. The molecule has 1 aliphatic rings. The van der Waals surface area contributed by atoms with Gasteiger partial charge in [0.05, 0.1) is 13.2 Å². The molecule has 0 spiro atoms. The Hall–Kier alpha value is -3.94. The molecule has 0 aliphatic carbocycles. The average molecular weight is 499 g/mol. The molecule has 1 aliphatic heterocycles. The number of hydrogen-bond donors (Lipinski definition) is 2. The van der Waals surface area contributed by atoms with E-state index in [1.54, 1.807) is 13.2 Å². The van der Waals surface area contributed by atoms with Gasteiger partial charge in [0.25, 0.3) is 5.91 Å². The SMILES string of the molecule is COc1cccc(C=CC(=O)NNC(=O)CCN2CCN(C(c3ccccc3)c3ccccc3)CC2)c1. The molecule has 192 valence electrons. The summed E-state index contributed by atoms with van der Waals surface area (Å²) in [4.78, 5) is 29.2. The van der Waals surface area contributed by atoms with Gasteiger partial charge in [0.1, 0.15) is 5.75 Å². The Labute approximate surface area is 218 Å². The zero-order valence-corrected chi connectivity index (χ0v) is 21.2. The van der Waals surface area contributed by atoms with Crippen LogP contribution in [-0.4, -0.2) is 61.4 Å². The van der Waals surface area contributed by atoms with Gasteiger partial charge < -0.3 is 9.64 Å². The van der Waals surface area contributed by atoms with Gasteiger partial charge in [-0.1, -0.05) is 72.8 Å². The van der Waals surface area contributed by atoms with Crippen molar-refractivity contribution in [1.29, 1.82) is 0 Å². The van der Waals surface area contributed by atoms with Gasteiger partial charge in [-0.05, 0) is 34.9 Å². The van der Waals surface area contributed by atoms with Crippen molar-refractivity contribution in [3.05, 3.63) is 108 Å². The van der Waals surface area contributed by atoms with E-state index in [0.717, 1.165) is 31.7 Å². The number of ether oxygens (including phenoxy) is 1. The molecule has 2 amide bonds. The van der Waals surface area contributed by atoms with Gasteiger partial charge in [0.15, 0.2) is 0 Å². The summed E-state index contributed by atoms with van der Waals surface area (Å²) in [5.41, 5.74) is 8.36. The van der Waals surface area contributed by atoms with Crippen LogP contribution in [0.4, 0.5) is 0 Å². The first-order valence-electron chi connectivity index (χ1n) is 12.6. The third-order valence-corrected chi connectivity index (χ3v) is 6.50. The van der Waals surface area contributed by atoms with Crippen molar-refractivity contribution in [1.82, 2.24) is 20.7 Å². The second-order valence-corrected chi connectivity index (χ2v) is 9.00. The van der Waals surface area contributed by atoms with Crippen molar-refractivity contribution >= 4 is 17.9 Å². The summed E-state index contributed by atoms with van der Waals surface area (Å²) in [5, 5.41) is 0.